The zero-order valence-corrected chi connectivity index (χ0v) is 15.7. The van der Waals surface area contributed by atoms with Crippen molar-refractivity contribution in [2.75, 3.05) is 26.2 Å². The van der Waals surface area contributed by atoms with E-state index in [0.29, 0.717) is 19.6 Å². The number of ether oxygens (including phenoxy) is 1. The molecule has 0 saturated heterocycles. The Balaban J connectivity index is 2.24. The molecule has 0 spiro atoms. The Kier molecular flexibility index (Phi) is 10.3. The van der Waals surface area contributed by atoms with Crippen molar-refractivity contribution in [2.24, 2.45) is 5.73 Å². The number of nitrogens with two attached hydrogens (primary N) is 1. The van der Waals surface area contributed by atoms with E-state index in [1.807, 2.05) is 51.1 Å². The average Bonchev–Trinajstić information content (AvgIpc) is 2.64. The summed E-state index contributed by atoms with van der Waals surface area (Å²) >= 11 is 0. The molecule has 0 aliphatic heterocycles. The molecular weight excluding hydrogens is 336 g/mol. The molecule has 0 radical (unpaired) electrons. The highest BCUT2D eigenvalue weighted by Gasteiger charge is 2.14. The second kappa shape index (κ2) is 12.2. The number of nitrogens with zero attached hydrogens (tertiary/aromatic N) is 1. The van der Waals surface area contributed by atoms with Crippen molar-refractivity contribution in [3.63, 3.8) is 0 Å². The largest absolute Gasteiger partial charge is 0.445 e. The normalized spacial score (nSPS) is 13.1. The van der Waals surface area contributed by atoms with Crippen molar-refractivity contribution >= 4 is 12.1 Å². The number of hydrogen-bond donors (Lipinski definition) is 3. The van der Waals surface area contributed by atoms with E-state index in [9.17, 15) is 9.59 Å². The summed E-state index contributed by atoms with van der Waals surface area (Å²) in [6.45, 7) is 7.48. The number of hydroxylamine groups is 2. The van der Waals surface area contributed by atoms with Gasteiger partial charge < -0.3 is 25.9 Å². The lowest BCUT2D eigenvalue weighted by atomic mass is 10.2. The zero-order valence-electron chi connectivity index (χ0n) is 15.7. The SMILES string of the molecule is CCN(C[C@H](C)NC[C@H](C)NC(=O)OCc1ccccc1)OC(=O)CN. The van der Waals surface area contributed by atoms with Gasteiger partial charge in [0.25, 0.3) is 0 Å². The summed E-state index contributed by atoms with van der Waals surface area (Å²) in [6.07, 6.45) is -0.456. The van der Waals surface area contributed by atoms with Crippen LogP contribution in [0.1, 0.15) is 26.3 Å². The second-order valence-electron chi connectivity index (χ2n) is 6.06. The van der Waals surface area contributed by atoms with Gasteiger partial charge in [0, 0.05) is 31.7 Å². The number of amides is 1. The lowest BCUT2D eigenvalue weighted by Gasteiger charge is -2.24. The third-order valence-electron chi connectivity index (χ3n) is 3.58. The molecule has 0 aliphatic carbocycles. The Hall–Kier alpha value is -2.16. The smallest absolute Gasteiger partial charge is 0.407 e. The first-order chi connectivity index (χ1) is 12.4. The standard InChI is InChI=1S/C18H30N4O4/c1-4-22(26-17(23)10-19)12-15(3)20-11-14(2)21-18(24)25-13-16-8-6-5-7-9-16/h5-9,14-15,20H,4,10-13,19H2,1-3H3,(H,21,24)/t14-,15-/m0/s1. The van der Waals surface area contributed by atoms with E-state index in [2.05, 4.69) is 10.6 Å². The average molecular weight is 366 g/mol. The van der Waals surface area contributed by atoms with Gasteiger partial charge in [-0.25, -0.2) is 9.59 Å². The maximum Gasteiger partial charge on any atom is 0.407 e. The number of hydrogen-bond acceptors (Lipinski definition) is 7. The van der Waals surface area contributed by atoms with Gasteiger partial charge in [0.2, 0.25) is 0 Å². The van der Waals surface area contributed by atoms with Crippen LogP contribution in [0, 0.1) is 0 Å². The van der Waals surface area contributed by atoms with Crippen LogP contribution < -0.4 is 16.4 Å². The van der Waals surface area contributed by atoms with Gasteiger partial charge in [-0.05, 0) is 26.3 Å². The van der Waals surface area contributed by atoms with Gasteiger partial charge in [-0.15, -0.1) is 5.06 Å². The van der Waals surface area contributed by atoms with Gasteiger partial charge in [-0.3, -0.25) is 0 Å². The third kappa shape index (κ3) is 9.36. The molecule has 0 aromatic heterocycles. The van der Waals surface area contributed by atoms with Gasteiger partial charge in [0.15, 0.2) is 0 Å². The third-order valence-corrected chi connectivity index (χ3v) is 3.58. The monoisotopic (exact) mass is 366 g/mol. The summed E-state index contributed by atoms with van der Waals surface area (Å²) in [4.78, 5) is 28.2. The highest BCUT2D eigenvalue weighted by molar-refractivity contribution is 5.70. The van der Waals surface area contributed by atoms with Crippen molar-refractivity contribution in [1.29, 1.82) is 0 Å². The molecule has 8 heteroatoms. The van der Waals surface area contributed by atoms with Crippen LogP contribution in [-0.4, -0.2) is 55.4 Å². The minimum absolute atomic E-state index is 0.0603. The quantitative estimate of drug-likeness (QED) is 0.502. The van der Waals surface area contributed by atoms with Crippen molar-refractivity contribution < 1.29 is 19.2 Å². The Labute approximate surface area is 155 Å². The Morgan fingerprint density at radius 1 is 1.19 bits per heavy atom. The van der Waals surface area contributed by atoms with Crippen LogP contribution in [0.3, 0.4) is 0 Å². The van der Waals surface area contributed by atoms with E-state index < -0.39 is 12.1 Å². The fraction of sp³-hybridized carbons (Fsp3) is 0.556. The summed E-state index contributed by atoms with van der Waals surface area (Å²) in [7, 11) is 0. The second-order valence-corrected chi connectivity index (χ2v) is 6.06. The molecule has 1 aromatic carbocycles. The van der Waals surface area contributed by atoms with E-state index in [1.165, 1.54) is 0 Å². The van der Waals surface area contributed by atoms with Crippen molar-refractivity contribution in [1.82, 2.24) is 15.7 Å². The van der Waals surface area contributed by atoms with Gasteiger partial charge >= 0.3 is 12.1 Å². The molecule has 0 bridgehead atoms. The zero-order chi connectivity index (χ0) is 19.4. The van der Waals surface area contributed by atoms with Crippen molar-refractivity contribution in [3.8, 4) is 0 Å². The molecule has 1 aromatic rings. The number of rotatable bonds is 11. The van der Waals surface area contributed by atoms with Gasteiger partial charge in [-0.1, -0.05) is 30.3 Å². The Morgan fingerprint density at radius 2 is 1.88 bits per heavy atom. The summed E-state index contributed by atoms with van der Waals surface area (Å²) < 4.78 is 5.19. The lowest BCUT2D eigenvalue weighted by Crippen LogP contribution is -2.46. The number of carbonyl (C=O) groups is 2. The molecule has 1 rings (SSSR count). The van der Waals surface area contributed by atoms with E-state index in [1.54, 1.807) is 5.06 Å². The number of nitrogens with one attached hydrogen (secondary N) is 2. The fourth-order valence-electron chi connectivity index (χ4n) is 2.18. The van der Waals surface area contributed by atoms with Crippen LogP contribution in [0.5, 0.6) is 0 Å². The predicted octanol–water partition coefficient (Wildman–Crippen LogP) is 1.02. The minimum Gasteiger partial charge on any atom is -0.445 e. The summed E-state index contributed by atoms with van der Waals surface area (Å²) in [5.41, 5.74) is 6.18. The number of carbonyl (C=O) groups excluding carboxylic acids is 2. The van der Waals surface area contributed by atoms with Crippen LogP contribution in [-0.2, 0) is 21.0 Å². The Bertz CT molecular complexity index is 541. The highest BCUT2D eigenvalue weighted by Crippen LogP contribution is 2.01. The molecule has 0 heterocycles. The van der Waals surface area contributed by atoms with Crippen molar-refractivity contribution in [2.45, 2.75) is 39.5 Å². The number of alkyl carbamates (subject to hydrolysis) is 1. The highest BCUT2D eigenvalue weighted by atomic mass is 16.7. The number of benzene rings is 1. The first-order valence-corrected chi connectivity index (χ1v) is 8.81. The van der Waals surface area contributed by atoms with Crippen molar-refractivity contribution in [3.05, 3.63) is 35.9 Å². The predicted molar refractivity (Wildman–Crippen MR) is 99.1 cm³/mol. The van der Waals surface area contributed by atoms with Crippen LogP contribution in [0.2, 0.25) is 0 Å². The van der Waals surface area contributed by atoms with Gasteiger partial charge in [0.1, 0.15) is 6.61 Å². The lowest BCUT2D eigenvalue weighted by molar-refractivity contribution is -0.189. The fourth-order valence-corrected chi connectivity index (χ4v) is 2.18. The van der Waals surface area contributed by atoms with Crippen LogP contribution >= 0.6 is 0 Å². The molecule has 0 aliphatic rings. The molecule has 0 saturated carbocycles. The summed E-state index contributed by atoms with van der Waals surface area (Å²) in [6, 6.07) is 9.46. The van der Waals surface area contributed by atoms with Crippen LogP contribution in [0.4, 0.5) is 4.79 Å². The summed E-state index contributed by atoms with van der Waals surface area (Å²) in [5, 5.41) is 7.61. The molecule has 26 heavy (non-hydrogen) atoms. The molecule has 1 amide bonds. The van der Waals surface area contributed by atoms with E-state index in [4.69, 9.17) is 15.3 Å². The molecule has 0 fully saturated rings. The molecule has 8 nitrogen and oxygen atoms in total. The van der Waals surface area contributed by atoms with E-state index >= 15 is 0 Å². The maximum absolute atomic E-state index is 11.8. The molecule has 2 atom stereocenters. The first-order valence-electron chi connectivity index (χ1n) is 8.81. The minimum atomic E-state index is -0.463. The molecular formula is C18H30N4O4. The molecule has 4 N–H and O–H groups in total. The van der Waals surface area contributed by atoms with Crippen LogP contribution in [0.25, 0.3) is 0 Å². The maximum atomic E-state index is 11.8. The number of likely N-dealkylation sites (N-methyl/N-ethyl adjacent to an activating group) is 1. The van der Waals surface area contributed by atoms with E-state index in [0.717, 1.165) is 5.56 Å². The topological polar surface area (TPSA) is 106 Å². The molecule has 0 unspecified atom stereocenters. The summed E-state index contributed by atoms with van der Waals surface area (Å²) in [5.74, 6) is -0.463. The van der Waals surface area contributed by atoms with Crippen LogP contribution in [0.15, 0.2) is 30.3 Å². The first kappa shape index (κ1) is 21.9. The van der Waals surface area contributed by atoms with E-state index in [-0.39, 0.29) is 25.2 Å². The Morgan fingerprint density at radius 3 is 2.50 bits per heavy atom. The van der Waals surface area contributed by atoms with Gasteiger partial charge in [0.05, 0.1) is 6.54 Å². The molecule has 146 valence electrons. The van der Waals surface area contributed by atoms with Gasteiger partial charge in [-0.2, -0.15) is 0 Å².